The summed E-state index contributed by atoms with van der Waals surface area (Å²) in [7, 11) is 0. The Kier molecular flexibility index (Phi) is 8.27. The Hall–Kier alpha value is -0.810. The van der Waals surface area contributed by atoms with Crippen molar-refractivity contribution < 1.29 is 9.94 Å². The lowest BCUT2D eigenvalue weighted by atomic mass is 10.2. The van der Waals surface area contributed by atoms with Crippen LogP contribution < -0.4 is 11.1 Å². The molecule has 0 radical (unpaired) electrons. The van der Waals surface area contributed by atoms with Crippen molar-refractivity contribution in [3.05, 3.63) is 0 Å². The second-order valence-electron chi connectivity index (χ2n) is 3.56. The third-order valence-electron chi connectivity index (χ3n) is 1.56. The van der Waals surface area contributed by atoms with Crippen LogP contribution in [0.5, 0.6) is 0 Å². The van der Waals surface area contributed by atoms with Crippen LogP contribution in [0.4, 0.5) is 0 Å². The van der Waals surface area contributed by atoms with E-state index in [0.717, 1.165) is 13.2 Å². The van der Waals surface area contributed by atoms with Gasteiger partial charge in [0.15, 0.2) is 0 Å². The number of nitrogens with zero attached hydrogens (tertiary/aromatic N) is 1. The fourth-order valence-corrected chi connectivity index (χ4v) is 0.855. The third kappa shape index (κ3) is 9.28. The van der Waals surface area contributed by atoms with Gasteiger partial charge in [-0.1, -0.05) is 19.0 Å². The molecule has 0 saturated heterocycles. The molecule has 0 fully saturated rings. The van der Waals surface area contributed by atoms with Crippen LogP contribution in [0.3, 0.4) is 0 Å². The molecular weight excluding hydrogens is 182 g/mol. The zero-order chi connectivity index (χ0) is 10.8. The van der Waals surface area contributed by atoms with Gasteiger partial charge >= 0.3 is 0 Å². The number of hydrogen-bond acceptors (Lipinski definition) is 4. The molecule has 0 bridgehead atoms. The van der Waals surface area contributed by atoms with Crippen molar-refractivity contribution >= 4 is 5.84 Å². The van der Waals surface area contributed by atoms with Crippen LogP contribution in [-0.4, -0.2) is 37.3 Å². The van der Waals surface area contributed by atoms with Gasteiger partial charge in [-0.15, -0.1) is 0 Å². The van der Waals surface area contributed by atoms with Crippen molar-refractivity contribution in [3.8, 4) is 0 Å². The second kappa shape index (κ2) is 8.77. The molecule has 0 aromatic heterocycles. The van der Waals surface area contributed by atoms with Gasteiger partial charge in [0.25, 0.3) is 0 Å². The smallest absolute Gasteiger partial charge is 0.140 e. The topological polar surface area (TPSA) is 79.9 Å². The molecule has 0 atom stereocenters. The van der Waals surface area contributed by atoms with E-state index in [0.29, 0.717) is 25.5 Å². The van der Waals surface area contributed by atoms with E-state index in [4.69, 9.17) is 15.7 Å². The SMILES string of the molecule is CC(C)COCCNCCC(N)=NO. The number of rotatable bonds is 8. The van der Waals surface area contributed by atoms with Crippen molar-refractivity contribution in [1.82, 2.24) is 5.32 Å². The lowest BCUT2D eigenvalue weighted by Gasteiger charge is -2.07. The maximum atomic E-state index is 8.25. The molecule has 84 valence electrons. The Morgan fingerprint density at radius 1 is 1.50 bits per heavy atom. The minimum absolute atomic E-state index is 0.251. The number of ether oxygens (including phenoxy) is 1. The predicted molar refractivity (Wildman–Crippen MR) is 56.6 cm³/mol. The Labute approximate surface area is 85.3 Å². The van der Waals surface area contributed by atoms with Crippen molar-refractivity contribution in [2.45, 2.75) is 20.3 Å². The number of nitrogens with one attached hydrogen (secondary N) is 1. The summed E-state index contributed by atoms with van der Waals surface area (Å²) < 4.78 is 5.36. The van der Waals surface area contributed by atoms with E-state index in [1.165, 1.54) is 0 Å². The van der Waals surface area contributed by atoms with E-state index in [1.807, 2.05) is 0 Å². The Morgan fingerprint density at radius 3 is 2.79 bits per heavy atom. The van der Waals surface area contributed by atoms with E-state index in [9.17, 15) is 0 Å². The molecule has 0 amide bonds. The molecule has 4 N–H and O–H groups in total. The summed E-state index contributed by atoms with van der Waals surface area (Å²) in [6, 6.07) is 0. The molecule has 14 heavy (non-hydrogen) atoms. The first-order valence-electron chi connectivity index (χ1n) is 4.91. The highest BCUT2D eigenvalue weighted by molar-refractivity contribution is 5.79. The number of hydrogen-bond donors (Lipinski definition) is 3. The lowest BCUT2D eigenvalue weighted by Crippen LogP contribution is -2.25. The Balaban J connectivity index is 3.07. The van der Waals surface area contributed by atoms with Crippen LogP contribution in [0, 0.1) is 5.92 Å². The maximum absolute atomic E-state index is 8.25. The quantitative estimate of drug-likeness (QED) is 0.175. The average Bonchev–Trinajstić information content (AvgIpc) is 2.15. The molecule has 0 aromatic rings. The van der Waals surface area contributed by atoms with Crippen LogP contribution in [-0.2, 0) is 4.74 Å². The first kappa shape index (κ1) is 13.2. The summed E-state index contributed by atoms with van der Waals surface area (Å²) in [5, 5.41) is 14.2. The maximum Gasteiger partial charge on any atom is 0.140 e. The predicted octanol–water partition coefficient (Wildman–Crippen LogP) is 0.385. The van der Waals surface area contributed by atoms with Gasteiger partial charge in [0.05, 0.1) is 6.61 Å². The summed E-state index contributed by atoms with van der Waals surface area (Å²) >= 11 is 0. The van der Waals surface area contributed by atoms with Crippen molar-refractivity contribution in [2.75, 3.05) is 26.3 Å². The molecule has 0 heterocycles. The summed E-state index contributed by atoms with van der Waals surface area (Å²) in [5.74, 6) is 0.827. The minimum atomic E-state index is 0.251. The van der Waals surface area contributed by atoms with Gasteiger partial charge in [-0.2, -0.15) is 0 Å². The molecule has 0 aliphatic rings. The van der Waals surface area contributed by atoms with Crippen LogP contribution in [0.2, 0.25) is 0 Å². The van der Waals surface area contributed by atoms with Crippen molar-refractivity contribution in [2.24, 2.45) is 16.8 Å². The highest BCUT2D eigenvalue weighted by atomic mass is 16.5. The average molecular weight is 203 g/mol. The van der Waals surface area contributed by atoms with E-state index >= 15 is 0 Å². The molecular formula is C9H21N3O2. The van der Waals surface area contributed by atoms with Crippen LogP contribution in [0.25, 0.3) is 0 Å². The summed E-state index contributed by atoms with van der Waals surface area (Å²) in [4.78, 5) is 0. The molecule has 0 rings (SSSR count). The monoisotopic (exact) mass is 203 g/mol. The van der Waals surface area contributed by atoms with Gasteiger partial charge in [0.2, 0.25) is 0 Å². The highest BCUT2D eigenvalue weighted by Crippen LogP contribution is 1.90. The normalized spacial score (nSPS) is 12.4. The van der Waals surface area contributed by atoms with E-state index in [2.05, 4.69) is 24.3 Å². The van der Waals surface area contributed by atoms with E-state index in [1.54, 1.807) is 0 Å². The fourth-order valence-electron chi connectivity index (χ4n) is 0.855. The minimum Gasteiger partial charge on any atom is -0.409 e. The van der Waals surface area contributed by atoms with Crippen LogP contribution >= 0.6 is 0 Å². The van der Waals surface area contributed by atoms with Gasteiger partial charge in [-0.25, -0.2) is 0 Å². The van der Waals surface area contributed by atoms with Crippen LogP contribution in [0.1, 0.15) is 20.3 Å². The van der Waals surface area contributed by atoms with Gasteiger partial charge < -0.3 is 21.0 Å². The van der Waals surface area contributed by atoms with Gasteiger partial charge in [0.1, 0.15) is 5.84 Å². The first-order chi connectivity index (χ1) is 6.66. The Morgan fingerprint density at radius 2 is 2.21 bits per heavy atom. The summed E-state index contributed by atoms with van der Waals surface area (Å²) in [5.41, 5.74) is 5.28. The summed E-state index contributed by atoms with van der Waals surface area (Å²) in [6.45, 7) is 7.24. The van der Waals surface area contributed by atoms with E-state index in [-0.39, 0.29) is 5.84 Å². The number of amidine groups is 1. The largest absolute Gasteiger partial charge is 0.409 e. The van der Waals surface area contributed by atoms with Crippen LogP contribution in [0.15, 0.2) is 5.16 Å². The van der Waals surface area contributed by atoms with Gasteiger partial charge in [-0.3, -0.25) is 0 Å². The van der Waals surface area contributed by atoms with Gasteiger partial charge in [-0.05, 0) is 5.92 Å². The fraction of sp³-hybridized carbons (Fsp3) is 0.889. The molecule has 0 saturated carbocycles. The molecule has 0 aliphatic carbocycles. The molecule has 5 nitrogen and oxygen atoms in total. The number of nitrogens with two attached hydrogens (primary N) is 1. The standard InChI is InChI=1S/C9H21N3O2/c1-8(2)7-14-6-5-11-4-3-9(10)12-13/h8,11,13H,3-7H2,1-2H3,(H2,10,12). The third-order valence-corrected chi connectivity index (χ3v) is 1.56. The lowest BCUT2D eigenvalue weighted by molar-refractivity contribution is 0.112. The number of oxime groups is 1. The Bertz CT molecular complexity index is 160. The van der Waals surface area contributed by atoms with Crippen molar-refractivity contribution in [1.29, 1.82) is 0 Å². The van der Waals surface area contributed by atoms with Gasteiger partial charge in [0, 0.05) is 26.1 Å². The molecule has 0 spiro atoms. The second-order valence-corrected chi connectivity index (χ2v) is 3.56. The van der Waals surface area contributed by atoms with Crippen molar-refractivity contribution in [3.63, 3.8) is 0 Å². The zero-order valence-corrected chi connectivity index (χ0v) is 8.99. The van der Waals surface area contributed by atoms with E-state index < -0.39 is 0 Å². The highest BCUT2D eigenvalue weighted by Gasteiger charge is 1.94. The molecule has 0 unspecified atom stereocenters. The first-order valence-corrected chi connectivity index (χ1v) is 4.91. The zero-order valence-electron chi connectivity index (χ0n) is 8.99. The summed E-state index contributed by atoms with van der Waals surface area (Å²) in [6.07, 6.45) is 0.556. The molecule has 0 aromatic carbocycles. The molecule has 5 heteroatoms. The molecule has 0 aliphatic heterocycles.